The average molecular weight is 696 g/mol. The van der Waals surface area contributed by atoms with E-state index in [1.807, 2.05) is 85.9 Å². The summed E-state index contributed by atoms with van der Waals surface area (Å²) in [6.07, 6.45) is 3.69. The Morgan fingerprint density at radius 3 is 2.13 bits per heavy atom. The second kappa shape index (κ2) is 13.5. The van der Waals surface area contributed by atoms with Gasteiger partial charge >= 0.3 is 0 Å². The Morgan fingerprint density at radius 2 is 1.53 bits per heavy atom. The zero-order chi connectivity index (χ0) is 27.2. The predicted octanol–water partition coefficient (Wildman–Crippen LogP) is 7.93. The molecule has 1 unspecified atom stereocenters. The van der Waals surface area contributed by atoms with Crippen molar-refractivity contribution >= 4 is 13.3 Å². The summed E-state index contributed by atoms with van der Waals surface area (Å²) in [4.78, 5) is 8.83. The average Bonchev–Trinajstić information content (AvgIpc) is 2.94. The minimum Gasteiger partial charge on any atom is -0.305 e. The summed E-state index contributed by atoms with van der Waals surface area (Å²) in [5.41, 5.74) is 5.36. The first-order chi connectivity index (χ1) is 18.1. The Hall–Kier alpha value is -3.24. The number of nitrogens with zero attached hydrogens (tertiary/aromatic N) is 2. The Balaban J connectivity index is 0.000000215. The van der Waals surface area contributed by atoms with Gasteiger partial charge in [-0.05, 0) is 33.8 Å². The minimum absolute atomic E-state index is 0. The van der Waals surface area contributed by atoms with Crippen LogP contribution in [0.25, 0.3) is 22.5 Å². The third-order valence-corrected chi connectivity index (χ3v) is 8.09. The second-order valence-electron chi connectivity index (χ2n) is 9.80. The van der Waals surface area contributed by atoms with Gasteiger partial charge in [-0.3, -0.25) is 4.39 Å². The van der Waals surface area contributed by atoms with Gasteiger partial charge in [0.15, 0.2) is 0 Å². The number of pyridine rings is 2. The fourth-order valence-corrected chi connectivity index (χ4v) is 4.82. The van der Waals surface area contributed by atoms with Crippen LogP contribution in [0.1, 0.15) is 25.3 Å². The van der Waals surface area contributed by atoms with Crippen LogP contribution in [0, 0.1) is 17.9 Å². The van der Waals surface area contributed by atoms with E-state index in [1.54, 1.807) is 12.3 Å². The molecule has 3 aromatic carbocycles. The molecule has 38 heavy (non-hydrogen) atoms. The van der Waals surface area contributed by atoms with E-state index in [-0.39, 0.29) is 25.9 Å². The van der Waals surface area contributed by atoms with Gasteiger partial charge in [-0.1, -0.05) is 75.1 Å². The van der Waals surface area contributed by atoms with Crippen molar-refractivity contribution in [3.63, 3.8) is 0 Å². The largest absolute Gasteiger partial charge is 0.305 e. The Labute approximate surface area is 241 Å². The predicted molar refractivity (Wildman–Crippen MR) is 154 cm³/mol. The standard InChI is InChI=1S/C19H16N.C14H15FNSi.Ir/c1-15(16-8-4-2-5-9-16)18-12-13-20-19(14-18)17-10-6-3-7-11-17;1-17(2,3)13-8-9-14(16-10-13)11-4-6-12(15)7-5-11;/h2-10,12-15H,1H3;4,6-10H,1-3H3;/q2*-1;/i15D;;. The second-order valence-corrected chi connectivity index (χ2v) is 14.9. The van der Waals surface area contributed by atoms with Crippen LogP contribution in [-0.2, 0) is 20.1 Å². The van der Waals surface area contributed by atoms with Crippen LogP contribution in [-0.4, -0.2) is 18.0 Å². The monoisotopic (exact) mass is 696 g/mol. The summed E-state index contributed by atoms with van der Waals surface area (Å²) in [5, 5.41) is 1.32. The topological polar surface area (TPSA) is 25.8 Å². The van der Waals surface area contributed by atoms with Crippen LogP contribution in [0.15, 0.2) is 109 Å². The van der Waals surface area contributed by atoms with E-state index in [9.17, 15) is 4.39 Å². The van der Waals surface area contributed by atoms with Gasteiger partial charge in [0.2, 0.25) is 0 Å². The molecule has 0 saturated heterocycles. The van der Waals surface area contributed by atoms with Gasteiger partial charge in [-0.15, -0.1) is 65.7 Å². The molecule has 0 saturated carbocycles. The van der Waals surface area contributed by atoms with Crippen molar-refractivity contribution < 1.29 is 25.9 Å². The maximum Gasteiger partial charge on any atom is 0.0795 e. The molecule has 5 heteroatoms. The van der Waals surface area contributed by atoms with Gasteiger partial charge < -0.3 is 9.97 Å². The van der Waals surface area contributed by atoms with Gasteiger partial charge in [-0.2, -0.15) is 0 Å². The van der Waals surface area contributed by atoms with E-state index in [1.165, 1.54) is 17.3 Å². The molecule has 0 bridgehead atoms. The molecule has 5 rings (SSSR count). The Bertz CT molecular complexity index is 1450. The van der Waals surface area contributed by atoms with Crippen LogP contribution in [0.2, 0.25) is 19.6 Å². The van der Waals surface area contributed by atoms with E-state index >= 15 is 0 Å². The molecule has 2 heterocycles. The number of halogens is 1. The van der Waals surface area contributed by atoms with Gasteiger partial charge in [0, 0.05) is 45.6 Å². The molecule has 0 spiro atoms. The normalized spacial score (nSPS) is 12.7. The number of hydrogen-bond acceptors (Lipinski definition) is 2. The number of hydrogen-bond donors (Lipinski definition) is 0. The number of rotatable bonds is 5. The van der Waals surface area contributed by atoms with Crippen molar-refractivity contribution in [2.24, 2.45) is 0 Å². The summed E-state index contributed by atoms with van der Waals surface area (Å²) in [6, 6.07) is 36.2. The summed E-state index contributed by atoms with van der Waals surface area (Å²) in [6.45, 7) is 8.77. The Kier molecular flexibility index (Phi) is 9.89. The maximum absolute atomic E-state index is 12.8. The zero-order valence-corrected chi connectivity index (χ0v) is 25.4. The molecule has 0 N–H and O–H groups in total. The van der Waals surface area contributed by atoms with Crippen molar-refractivity contribution in [3.8, 4) is 22.5 Å². The molecule has 1 radical (unpaired) electrons. The van der Waals surface area contributed by atoms with E-state index in [0.29, 0.717) is 0 Å². The van der Waals surface area contributed by atoms with Gasteiger partial charge in [0.1, 0.15) is 0 Å². The van der Waals surface area contributed by atoms with Crippen LogP contribution in [0.4, 0.5) is 4.39 Å². The molecular formula is C33H31FIrN2Si-2. The summed E-state index contributed by atoms with van der Waals surface area (Å²) in [7, 11) is -1.30. The van der Waals surface area contributed by atoms with Crippen molar-refractivity contribution in [2.75, 3.05) is 0 Å². The van der Waals surface area contributed by atoms with Crippen LogP contribution >= 0.6 is 0 Å². The minimum atomic E-state index is -1.30. The van der Waals surface area contributed by atoms with E-state index in [4.69, 9.17) is 1.37 Å². The molecule has 0 aliphatic carbocycles. The molecule has 195 valence electrons. The molecule has 0 aliphatic heterocycles. The fraction of sp³-hybridized carbons (Fsp3) is 0.152. The molecule has 5 aromatic rings. The molecular weight excluding hydrogens is 664 g/mol. The van der Waals surface area contributed by atoms with Crippen molar-refractivity contribution in [1.29, 1.82) is 0 Å². The van der Waals surface area contributed by atoms with Gasteiger partial charge in [-0.25, -0.2) is 0 Å². The van der Waals surface area contributed by atoms with E-state index < -0.39 is 14.0 Å². The Morgan fingerprint density at radius 1 is 0.789 bits per heavy atom. The van der Waals surface area contributed by atoms with Crippen molar-refractivity contribution in [1.82, 2.24) is 9.97 Å². The fourth-order valence-electron chi connectivity index (χ4n) is 3.78. The van der Waals surface area contributed by atoms with E-state index in [2.05, 4.69) is 47.8 Å². The SMILES string of the molecule is C[Si](C)(C)c1ccc(-c2[c-]cc(F)cc2)nc1.[2H]C(C)(c1ccccc1)c1ccnc(-c2[c-]cccc2)c1.[Ir]. The molecule has 0 amide bonds. The quantitative estimate of drug-likeness (QED) is 0.138. The molecule has 2 aromatic heterocycles. The summed E-state index contributed by atoms with van der Waals surface area (Å²) < 4.78 is 21.5. The number of benzene rings is 3. The zero-order valence-electron chi connectivity index (χ0n) is 23.0. The summed E-state index contributed by atoms with van der Waals surface area (Å²) >= 11 is 0. The molecule has 0 fully saturated rings. The molecule has 2 nitrogen and oxygen atoms in total. The first-order valence-corrected chi connectivity index (χ1v) is 15.8. The third kappa shape index (κ3) is 7.88. The van der Waals surface area contributed by atoms with E-state index in [0.717, 1.165) is 33.6 Å². The first-order valence-electron chi connectivity index (χ1n) is 12.8. The van der Waals surface area contributed by atoms with Crippen LogP contribution in [0.3, 0.4) is 0 Å². The molecule has 0 aliphatic rings. The van der Waals surface area contributed by atoms with Crippen molar-refractivity contribution in [3.05, 3.63) is 139 Å². The van der Waals surface area contributed by atoms with Crippen LogP contribution in [0.5, 0.6) is 0 Å². The van der Waals surface area contributed by atoms with Gasteiger partial charge in [0.25, 0.3) is 0 Å². The third-order valence-electron chi connectivity index (χ3n) is 6.07. The maximum atomic E-state index is 12.8. The smallest absolute Gasteiger partial charge is 0.0795 e. The first kappa shape index (κ1) is 27.8. The summed E-state index contributed by atoms with van der Waals surface area (Å²) in [5.74, 6) is -1.07. The van der Waals surface area contributed by atoms with Gasteiger partial charge in [0.05, 0.1) is 8.07 Å². The number of aromatic nitrogens is 2. The van der Waals surface area contributed by atoms with Crippen LogP contribution < -0.4 is 5.19 Å². The van der Waals surface area contributed by atoms with Crippen molar-refractivity contribution in [2.45, 2.75) is 32.5 Å². The molecule has 1 atom stereocenters.